The summed E-state index contributed by atoms with van der Waals surface area (Å²) in [5.41, 5.74) is 1.22. The third kappa shape index (κ3) is 3.59. The number of carbonyl (C=O) groups is 1. The molecule has 2 rings (SSSR count). The summed E-state index contributed by atoms with van der Waals surface area (Å²) in [4.78, 5) is 13.8. The Balaban J connectivity index is 2.09. The smallest absolute Gasteiger partial charge is 0.410 e. The molecule has 118 valence electrons. The van der Waals surface area contributed by atoms with E-state index in [1.165, 1.54) is 0 Å². The zero-order chi connectivity index (χ0) is 16.4. The number of carbonyl (C=O) groups excluding carboxylic acids is 1. The van der Waals surface area contributed by atoms with Gasteiger partial charge >= 0.3 is 6.09 Å². The van der Waals surface area contributed by atoms with Crippen molar-refractivity contribution in [1.29, 1.82) is 5.26 Å². The highest BCUT2D eigenvalue weighted by Gasteiger charge is 2.38. The summed E-state index contributed by atoms with van der Waals surface area (Å²) >= 11 is 0. The lowest BCUT2D eigenvalue weighted by Gasteiger charge is -2.38. The Hall–Kier alpha value is -2.02. The minimum atomic E-state index is -0.496. The highest BCUT2D eigenvalue weighted by Crippen LogP contribution is 2.35. The van der Waals surface area contributed by atoms with Crippen LogP contribution in [-0.2, 0) is 10.2 Å². The highest BCUT2D eigenvalue weighted by atomic mass is 16.6. The average Bonchev–Trinajstić information content (AvgIpc) is 2.45. The summed E-state index contributed by atoms with van der Waals surface area (Å²) in [6.07, 6.45) is 1.00. The van der Waals surface area contributed by atoms with Gasteiger partial charge in [-0.25, -0.2) is 4.79 Å². The molecule has 0 radical (unpaired) electrons. The summed E-state index contributed by atoms with van der Waals surface area (Å²) in [7, 11) is 0. The van der Waals surface area contributed by atoms with E-state index < -0.39 is 11.0 Å². The molecule has 4 heteroatoms. The summed E-state index contributed by atoms with van der Waals surface area (Å²) in [5.74, 6) is 0. The minimum Gasteiger partial charge on any atom is -0.444 e. The van der Waals surface area contributed by atoms with E-state index >= 15 is 0 Å². The normalized spacial score (nSPS) is 17.7. The second kappa shape index (κ2) is 6.00. The van der Waals surface area contributed by atoms with Crippen LogP contribution in [0.3, 0.4) is 0 Å². The molecule has 0 N–H and O–H groups in total. The van der Waals surface area contributed by atoms with Gasteiger partial charge in [0.15, 0.2) is 0 Å². The van der Waals surface area contributed by atoms with Crippen LogP contribution in [0.15, 0.2) is 24.3 Å². The Morgan fingerprint density at radius 3 is 2.45 bits per heavy atom. The van der Waals surface area contributed by atoms with Gasteiger partial charge in [-0.1, -0.05) is 29.8 Å². The molecule has 4 nitrogen and oxygen atoms in total. The monoisotopic (exact) mass is 300 g/mol. The molecule has 0 aliphatic carbocycles. The van der Waals surface area contributed by atoms with Gasteiger partial charge in [-0.2, -0.15) is 5.26 Å². The van der Waals surface area contributed by atoms with Gasteiger partial charge in [0.05, 0.1) is 11.5 Å². The molecule has 1 fully saturated rings. The van der Waals surface area contributed by atoms with Gasteiger partial charge in [0.25, 0.3) is 0 Å². The van der Waals surface area contributed by atoms with Crippen molar-refractivity contribution in [3.63, 3.8) is 0 Å². The lowest BCUT2D eigenvalue weighted by atomic mass is 9.74. The number of benzene rings is 1. The van der Waals surface area contributed by atoms with Gasteiger partial charge in [-0.15, -0.1) is 0 Å². The lowest BCUT2D eigenvalue weighted by molar-refractivity contribution is 0.0185. The third-order valence-electron chi connectivity index (χ3n) is 4.05. The fourth-order valence-corrected chi connectivity index (χ4v) is 2.81. The number of ether oxygens (including phenoxy) is 1. The molecule has 0 atom stereocenters. The van der Waals surface area contributed by atoms with Crippen molar-refractivity contribution in [1.82, 2.24) is 4.90 Å². The molecule has 0 saturated carbocycles. The Morgan fingerprint density at radius 2 is 1.95 bits per heavy atom. The van der Waals surface area contributed by atoms with E-state index in [2.05, 4.69) is 12.1 Å². The topological polar surface area (TPSA) is 53.3 Å². The van der Waals surface area contributed by atoms with E-state index in [4.69, 9.17) is 4.74 Å². The van der Waals surface area contributed by atoms with E-state index in [-0.39, 0.29) is 6.09 Å². The first-order valence-corrected chi connectivity index (χ1v) is 7.72. The minimum absolute atomic E-state index is 0.289. The summed E-state index contributed by atoms with van der Waals surface area (Å²) < 4.78 is 5.41. The van der Waals surface area contributed by atoms with Crippen molar-refractivity contribution >= 4 is 6.09 Å². The first-order valence-electron chi connectivity index (χ1n) is 7.72. The Kier molecular flexibility index (Phi) is 4.46. The maximum atomic E-state index is 12.1. The van der Waals surface area contributed by atoms with Gasteiger partial charge in [-0.05, 0) is 46.1 Å². The molecule has 1 aliphatic heterocycles. The van der Waals surface area contributed by atoms with Crippen LogP contribution in [0.25, 0.3) is 0 Å². The molecule has 0 unspecified atom stereocenters. The van der Waals surface area contributed by atoms with Gasteiger partial charge in [0.1, 0.15) is 5.60 Å². The lowest BCUT2D eigenvalue weighted by Crippen LogP contribution is -2.46. The van der Waals surface area contributed by atoms with E-state index in [1.54, 1.807) is 4.90 Å². The van der Waals surface area contributed by atoms with Crippen molar-refractivity contribution < 1.29 is 9.53 Å². The Morgan fingerprint density at radius 1 is 1.32 bits per heavy atom. The number of likely N-dealkylation sites (tertiary alicyclic amines) is 1. The van der Waals surface area contributed by atoms with Crippen molar-refractivity contribution in [2.75, 3.05) is 13.1 Å². The molecule has 1 heterocycles. The molecule has 0 aromatic heterocycles. The number of nitrogens with zero attached hydrogens (tertiary/aromatic N) is 2. The van der Waals surface area contributed by atoms with Crippen LogP contribution < -0.4 is 0 Å². The fraction of sp³-hybridized carbons (Fsp3) is 0.556. The largest absolute Gasteiger partial charge is 0.444 e. The van der Waals surface area contributed by atoms with Crippen LogP contribution in [0, 0.1) is 18.3 Å². The SMILES string of the molecule is Cc1cccc(C2(C#N)CCN(C(=O)OC(C)(C)C)CC2)c1. The molecule has 1 amide bonds. The second-order valence-corrected chi connectivity index (χ2v) is 7.03. The summed E-state index contributed by atoms with van der Waals surface area (Å²) in [5, 5.41) is 9.71. The molecular weight excluding hydrogens is 276 g/mol. The van der Waals surface area contributed by atoms with Crippen LogP contribution >= 0.6 is 0 Å². The molecule has 1 aromatic rings. The number of aryl methyl sites for hydroxylation is 1. The van der Waals surface area contributed by atoms with E-state index in [1.807, 2.05) is 45.9 Å². The maximum absolute atomic E-state index is 12.1. The number of amides is 1. The molecule has 1 aromatic carbocycles. The van der Waals surface area contributed by atoms with Gasteiger partial charge in [0.2, 0.25) is 0 Å². The van der Waals surface area contributed by atoms with Crippen LogP contribution in [0.4, 0.5) is 4.79 Å². The standard InChI is InChI=1S/C18H24N2O2/c1-14-6-5-7-15(12-14)18(13-19)8-10-20(11-9-18)16(21)22-17(2,3)4/h5-7,12H,8-11H2,1-4H3. The molecule has 22 heavy (non-hydrogen) atoms. The summed E-state index contributed by atoms with van der Waals surface area (Å²) in [6.45, 7) is 8.72. The van der Waals surface area contributed by atoms with E-state index in [9.17, 15) is 10.1 Å². The van der Waals surface area contributed by atoms with Gasteiger partial charge in [0, 0.05) is 13.1 Å². The zero-order valence-electron chi connectivity index (χ0n) is 13.8. The van der Waals surface area contributed by atoms with Gasteiger partial charge < -0.3 is 9.64 Å². The van der Waals surface area contributed by atoms with Gasteiger partial charge in [-0.3, -0.25) is 0 Å². The number of nitriles is 1. The van der Waals surface area contributed by atoms with Crippen LogP contribution in [0.2, 0.25) is 0 Å². The number of piperidine rings is 1. The number of rotatable bonds is 1. The fourth-order valence-electron chi connectivity index (χ4n) is 2.81. The van der Waals surface area contributed by atoms with Crippen molar-refractivity contribution in [2.45, 2.75) is 51.6 Å². The quantitative estimate of drug-likeness (QED) is 0.793. The van der Waals surface area contributed by atoms with Crippen LogP contribution in [0.5, 0.6) is 0 Å². The molecule has 1 aliphatic rings. The van der Waals surface area contributed by atoms with Crippen molar-refractivity contribution in [2.24, 2.45) is 0 Å². The maximum Gasteiger partial charge on any atom is 0.410 e. The Bertz CT molecular complexity index is 588. The molecular formula is C18H24N2O2. The Labute approximate surface area is 132 Å². The molecule has 1 saturated heterocycles. The predicted molar refractivity (Wildman–Crippen MR) is 85.5 cm³/mol. The number of hydrogen-bond donors (Lipinski definition) is 0. The van der Waals surface area contributed by atoms with E-state index in [0.29, 0.717) is 25.9 Å². The van der Waals surface area contributed by atoms with Crippen molar-refractivity contribution in [3.8, 4) is 6.07 Å². The van der Waals surface area contributed by atoms with Crippen LogP contribution in [0.1, 0.15) is 44.7 Å². The summed E-state index contributed by atoms with van der Waals surface area (Å²) in [6, 6.07) is 10.6. The number of hydrogen-bond acceptors (Lipinski definition) is 3. The first-order chi connectivity index (χ1) is 10.3. The van der Waals surface area contributed by atoms with Crippen molar-refractivity contribution in [3.05, 3.63) is 35.4 Å². The van der Waals surface area contributed by atoms with Crippen LogP contribution in [-0.4, -0.2) is 29.7 Å². The second-order valence-electron chi connectivity index (χ2n) is 7.03. The highest BCUT2D eigenvalue weighted by molar-refractivity contribution is 5.68. The molecule has 0 bridgehead atoms. The average molecular weight is 300 g/mol. The third-order valence-corrected chi connectivity index (χ3v) is 4.05. The zero-order valence-corrected chi connectivity index (χ0v) is 13.8. The van der Waals surface area contributed by atoms with E-state index in [0.717, 1.165) is 11.1 Å². The predicted octanol–water partition coefficient (Wildman–Crippen LogP) is 3.79. The molecule has 0 spiro atoms. The first kappa shape index (κ1) is 16.4.